The Balaban J connectivity index is 1.69. The van der Waals surface area contributed by atoms with E-state index in [2.05, 4.69) is 20.4 Å². The molecule has 0 saturated carbocycles. The van der Waals surface area contributed by atoms with Gasteiger partial charge in [0.2, 0.25) is 17.6 Å². The maximum absolute atomic E-state index is 12.8. The van der Waals surface area contributed by atoms with Crippen molar-refractivity contribution in [2.75, 3.05) is 0 Å². The van der Waals surface area contributed by atoms with Crippen LogP contribution in [0.2, 0.25) is 0 Å². The quantitative estimate of drug-likeness (QED) is 0.736. The van der Waals surface area contributed by atoms with Gasteiger partial charge in [0.05, 0.1) is 6.42 Å². The Labute approximate surface area is 152 Å². The second-order valence-corrected chi connectivity index (χ2v) is 5.84. The van der Waals surface area contributed by atoms with Crippen LogP contribution in [0.4, 0.5) is 13.2 Å². The molecule has 0 fully saturated rings. The summed E-state index contributed by atoms with van der Waals surface area (Å²) in [7, 11) is 0. The van der Waals surface area contributed by atoms with Crippen molar-refractivity contribution in [1.29, 1.82) is 0 Å². The van der Waals surface area contributed by atoms with Crippen LogP contribution >= 0.6 is 0 Å². The number of alkyl halides is 3. The maximum Gasteiger partial charge on any atom is 0.433 e. The highest BCUT2D eigenvalue weighted by Gasteiger charge is 2.33. The zero-order valence-electron chi connectivity index (χ0n) is 14.2. The van der Waals surface area contributed by atoms with Crippen LogP contribution in [0.1, 0.15) is 30.1 Å². The second-order valence-electron chi connectivity index (χ2n) is 5.84. The summed E-state index contributed by atoms with van der Waals surface area (Å²) in [6.07, 6.45) is -3.36. The number of carbonyl (C=O) groups excluding carboxylic acids is 1. The molecule has 9 heteroatoms. The van der Waals surface area contributed by atoms with E-state index in [0.717, 1.165) is 17.8 Å². The van der Waals surface area contributed by atoms with Crippen molar-refractivity contribution in [3.63, 3.8) is 0 Å². The monoisotopic (exact) mass is 376 g/mol. The number of nitrogens with zero attached hydrogens (tertiary/aromatic N) is 3. The fraction of sp³-hybridized carbons (Fsp3) is 0.222. The molecule has 0 spiro atoms. The minimum absolute atomic E-state index is 0.0120. The van der Waals surface area contributed by atoms with E-state index in [9.17, 15) is 18.0 Å². The molecule has 1 atom stereocenters. The van der Waals surface area contributed by atoms with Crippen molar-refractivity contribution >= 4 is 5.91 Å². The van der Waals surface area contributed by atoms with Crippen LogP contribution in [0.3, 0.4) is 0 Å². The maximum atomic E-state index is 12.8. The number of aromatic nitrogens is 3. The largest absolute Gasteiger partial charge is 0.433 e. The van der Waals surface area contributed by atoms with Gasteiger partial charge in [-0.25, -0.2) is 0 Å². The van der Waals surface area contributed by atoms with E-state index in [1.165, 1.54) is 6.07 Å². The first-order valence-electron chi connectivity index (χ1n) is 8.03. The normalized spacial score (nSPS) is 12.6. The van der Waals surface area contributed by atoms with Crippen molar-refractivity contribution in [2.24, 2.45) is 0 Å². The lowest BCUT2D eigenvalue weighted by atomic mass is 10.1. The lowest BCUT2D eigenvalue weighted by molar-refractivity contribution is -0.141. The number of amides is 1. The molecular weight excluding hydrogens is 361 g/mol. The van der Waals surface area contributed by atoms with Gasteiger partial charge in [-0.15, -0.1) is 0 Å². The van der Waals surface area contributed by atoms with Gasteiger partial charge >= 0.3 is 6.18 Å². The zero-order chi connectivity index (χ0) is 19.4. The molecule has 1 N–H and O–H groups in total. The molecule has 140 valence electrons. The third-order valence-electron chi connectivity index (χ3n) is 3.71. The molecule has 1 amide bonds. The van der Waals surface area contributed by atoms with Gasteiger partial charge in [-0.3, -0.25) is 9.78 Å². The number of halogens is 3. The van der Waals surface area contributed by atoms with Crippen LogP contribution in [-0.4, -0.2) is 21.0 Å². The molecule has 2 aromatic heterocycles. The Morgan fingerprint density at radius 2 is 1.96 bits per heavy atom. The number of nitrogens with one attached hydrogen (secondary N) is 1. The summed E-state index contributed by atoms with van der Waals surface area (Å²) < 4.78 is 43.4. The van der Waals surface area contributed by atoms with Crippen molar-refractivity contribution < 1.29 is 22.5 Å². The Morgan fingerprint density at radius 1 is 1.22 bits per heavy atom. The third-order valence-corrected chi connectivity index (χ3v) is 3.71. The average Bonchev–Trinajstić information content (AvgIpc) is 3.12. The lowest BCUT2D eigenvalue weighted by Crippen LogP contribution is -2.28. The van der Waals surface area contributed by atoms with E-state index in [0.29, 0.717) is 0 Å². The molecule has 0 aliphatic carbocycles. The van der Waals surface area contributed by atoms with Crippen molar-refractivity contribution in [3.05, 3.63) is 65.8 Å². The van der Waals surface area contributed by atoms with E-state index in [-0.39, 0.29) is 29.6 Å². The van der Waals surface area contributed by atoms with Gasteiger partial charge in [0, 0.05) is 11.8 Å². The molecule has 3 aromatic rings. The highest BCUT2D eigenvalue weighted by Crippen LogP contribution is 2.29. The van der Waals surface area contributed by atoms with E-state index in [1.807, 2.05) is 30.3 Å². The van der Waals surface area contributed by atoms with Crippen LogP contribution in [0.15, 0.2) is 53.2 Å². The Morgan fingerprint density at radius 3 is 2.67 bits per heavy atom. The van der Waals surface area contributed by atoms with Gasteiger partial charge in [-0.1, -0.05) is 35.5 Å². The lowest BCUT2D eigenvalue weighted by Gasteiger charge is -2.09. The highest BCUT2D eigenvalue weighted by atomic mass is 19.4. The first kappa shape index (κ1) is 18.6. The molecule has 0 saturated heterocycles. The van der Waals surface area contributed by atoms with Crippen molar-refractivity contribution in [3.8, 4) is 11.4 Å². The molecule has 0 bridgehead atoms. The fourth-order valence-electron chi connectivity index (χ4n) is 2.39. The number of hydrogen-bond acceptors (Lipinski definition) is 5. The van der Waals surface area contributed by atoms with Gasteiger partial charge < -0.3 is 9.84 Å². The first-order chi connectivity index (χ1) is 12.8. The number of carbonyl (C=O) groups is 1. The van der Waals surface area contributed by atoms with Crippen molar-refractivity contribution in [1.82, 2.24) is 20.4 Å². The number of benzene rings is 1. The Kier molecular flexibility index (Phi) is 5.20. The SMILES string of the molecule is CC(NC(=O)Cc1ccccc1)c1nc(-c2ccnc(C(F)(F)F)c2)no1. The van der Waals surface area contributed by atoms with E-state index >= 15 is 0 Å². The zero-order valence-corrected chi connectivity index (χ0v) is 14.2. The molecule has 0 aliphatic heterocycles. The fourth-order valence-corrected chi connectivity index (χ4v) is 2.39. The molecule has 6 nitrogen and oxygen atoms in total. The third kappa shape index (κ3) is 4.69. The summed E-state index contributed by atoms with van der Waals surface area (Å²) in [6, 6.07) is 10.8. The molecular formula is C18H15F3N4O2. The molecule has 1 aromatic carbocycles. The summed E-state index contributed by atoms with van der Waals surface area (Å²) >= 11 is 0. The molecule has 1 unspecified atom stereocenters. The first-order valence-corrected chi connectivity index (χ1v) is 8.03. The predicted molar refractivity (Wildman–Crippen MR) is 89.2 cm³/mol. The topological polar surface area (TPSA) is 80.9 Å². The van der Waals surface area contributed by atoms with E-state index in [1.54, 1.807) is 6.92 Å². The van der Waals surface area contributed by atoms with Gasteiger partial charge in [-0.2, -0.15) is 18.2 Å². The number of hydrogen-bond donors (Lipinski definition) is 1. The van der Waals surface area contributed by atoms with Crippen LogP contribution in [0, 0.1) is 0 Å². The van der Waals surface area contributed by atoms with E-state index < -0.39 is 17.9 Å². The Hall–Kier alpha value is -3.23. The summed E-state index contributed by atoms with van der Waals surface area (Å²) in [5.41, 5.74) is -0.0735. The molecule has 3 rings (SSSR count). The molecule has 0 aliphatic rings. The van der Waals surface area contributed by atoms with Crippen LogP contribution < -0.4 is 5.32 Å². The van der Waals surface area contributed by atoms with Gasteiger partial charge in [-0.05, 0) is 24.6 Å². The summed E-state index contributed by atoms with van der Waals surface area (Å²) in [6.45, 7) is 1.65. The van der Waals surface area contributed by atoms with Crippen LogP contribution in [0.5, 0.6) is 0 Å². The summed E-state index contributed by atoms with van der Waals surface area (Å²) in [5.74, 6) is -0.157. The minimum Gasteiger partial charge on any atom is -0.344 e. The smallest absolute Gasteiger partial charge is 0.344 e. The molecule has 27 heavy (non-hydrogen) atoms. The number of rotatable bonds is 5. The minimum atomic E-state index is -4.57. The van der Waals surface area contributed by atoms with Gasteiger partial charge in [0.15, 0.2) is 0 Å². The summed E-state index contributed by atoms with van der Waals surface area (Å²) in [4.78, 5) is 19.5. The predicted octanol–water partition coefficient (Wildman–Crippen LogP) is 3.57. The molecule has 0 radical (unpaired) electrons. The Bertz CT molecular complexity index is 926. The molecule has 2 heterocycles. The average molecular weight is 376 g/mol. The highest BCUT2D eigenvalue weighted by molar-refractivity contribution is 5.78. The van der Waals surface area contributed by atoms with Gasteiger partial charge in [0.25, 0.3) is 0 Å². The van der Waals surface area contributed by atoms with Crippen LogP contribution in [0.25, 0.3) is 11.4 Å². The summed E-state index contributed by atoms with van der Waals surface area (Å²) in [5, 5.41) is 6.41. The standard InChI is InChI=1S/C18H15F3N4O2/c1-11(23-15(26)9-12-5-3-2-4-6-12)17-24-16(25-27-17)13-7-8-22-14(10-13)18(19,20)21/h2-8,10-11H,9H2,1H3,(H,23,26). The van der Waals surface area contributed by atoms with Crippen molar-refractivity contribution in [2.45, 2.75) is 25.6 Å². The van der Waals surface area contributed by atoms with E-state index in [4.69, 9.17) is 4.52 Å². The van der Waals surface area contributed by atoms with Crippen LogP contribution in [-0.2, 0) is 17.4 Å². The number of pyridine rings is 1. The van der Waals surface area contributed by atoms with Gasteiger partial charge in [0.1, 0.15) is 11.7 Å². The second kappa shape index (κ2) is 7.56.